The zero-order valence-electron chi connectivity index (χ0n) is 9.18. The Bertz CT molecular complexity index is 523. The number of hydrogen-bond donors (Lipinski definition) is 1. The van der Waals surface area contributed by atoms with Crippen molar-refractivity contribution in [2.45, 2.75) is 6.54 Å². The Balaban J connectivity index is 2.06. The van der Waals surface area contributed by atoms with Gasteiger partial charge in [-0.3, -0.25) is 0 Å². The van der Waals surface area contributed by atoms with Crippen molar-refractivity contribution in [2.75, 3.05) is 5.32 Å². The Morgan fingerprint density at radius 2 is 1.83 bits per heavy atom. The van der Waals surface area contributed by atoms with E-state index in [1.165, 1.54) is 6.07 Å². The minimum absolute atomic E-state index is 0.259. The summed E-state index contributed by atoms with van der Waals surface area (Å²) in [6, 6.07) is 10.6. The average molecular weight is 393 g/mol. The summed E-state index contributed by atoms with van der Waals surface area (Å²) < 4.78 is 14.4. The minimum Gasteiger partial charge on any atom is -0.381 e. The maximum atomic E-state index is 13.1. The summed E-state index contributed by atoms with van der Waals surface area (Å²) in [4.78, 5) is 0. The van der Waals surface area contributed by atoms with E-state index in [4.69, 9.17) is 11.6 Å². The van der Waals surface area contributed by atoms with Crippen molar-refractivity contribution in [3.8, 4) is 0 Å². The molecule has 94 valence electrons. The third-order valence-corrected chi connectivity index (χ3v) is 4.24. The molecule has 0 radical (unpaired) electrons. The predicted molar refractivity (Wildman–Crippen MR) is 80.6 cm³/mol. The quantitative estimate of drug-likeness (QED) is 0.714. The molecule has 1 N–H and O–H groups in total. The summed E-state index contributed by atoms with van der Waals surface area (Å²) in [5, 5.41) is 3.88. The van der Waals surface area contributed by atoms with Gasteiger partial charge in [0.25, 0.3) is 0 Å². The third kappa shape index (κ3) is 3.46. The van der Waals surface area contributed by atoms with E-state index in [1.54, 1.807) is 12.1 Å². The minimum atomic E-state index is -0.259. The van der Waals surface area contributed by atoms with Gasteiger partial charge < -0.3 is 5.32 Å². The lowest BCUT2D eigenvalue weighted by molar-refractivity contribution is 0.620. The molecule has 2 rings (SSSR count). The monoisotopic (exact) mass is 391 g/mol. The topological polar surface area (TPSA) is 12.0 Å². The van der Waals surface area contributed by atoms with Crippen LogP contribution in [0.1, 0.15) is 5.56 Å². The van der Waals surface area contributed by atoms with Crippen molar-refractivity contribution >= 4 is 49.1 Å². The van der Waals surface area contributed by atoms with Crippen molar-refractivity contribution in [3.63, 3.8) is 0 Å². The van der Waals surface area contributed by atoms with E-state index >= 15 is 0 Å². The summed E-state index contributed by atoms with van der Waals surface area (Å²) in [6.07, 6.45) is 0. The summed E-state index contributed by atoms with van der Waals surface area (Å²) in [6.45, 7) is 0.608. The van der Waals surface area contributed by atoms with Gasteiger partial charge in [-0.25, -0.2) is 4.39 Å². The van der Waals surface area contributed by atoms with Gasteiger partial charge in [-0.15, -0.1) is 0 Å². The molecule has 0 fully saturated rings. The van der Waals surface area contributed by atoms with Crippen LogP contribution in [0.4, 0.5) is 10.1 Å². The Kier molecular flexibility index (Phi) is 4.65. The molecular formula is C13H9Br2ClFN. The van der Waals surface area contributed by atoms with Gasteiger partial charge in [0.1, 0.15) is 5.82 Å². The summed E-state index contributed by atoms with van der Waals surface area (Å²) in [5.74, 6) is -0.259. The molecule has 2 aromatic carbocycles. The molecule has 0 aliphatic rings. The maximum absolute atomic E-state index is 13.1. The number of nitrogens with one attached hydrogen (secondary N) is 1. The molecule has 0 aliphatic heterocycles. The number of rotatable bonds is 3. The lowest BCUT2D eigenvalue weighted by Gasteiger charge is -2.08. The maximum Gasteiger partial charge on any atom is 0.137 e. The molecule has 0 unspecified atom stereocenters. The molecule has 0 bridgehead atoms. The number of hydrogen-bond acceptors (Lipinski definition) is 1. The van der Waals surface area contributed by atoms with Crippen molar-refractivity contribution < 1.29 is 4.39 Å². The highest BCUT2D eigenvalue weighted by Gasteiger charge is 2.02. The van der Waals surface area contributed by atoms with Crippen LogP contribution < -0.4 is 5.32 Å². The predicted octanol–water partition coefficient (Wildman–Crippen LogP) is 5.62. The fraction of sp³-hybridized carbons (Fsp3) is 0.0769. The van der Waals surface area contributed by atoms with Gasteiger partial charge >= 0.3 is 0 Å². The Labute approximate surface area is 127 Å². The number of benzene rings is 2. The van der Waals surface area contributed by atoms with Gasteiger partial charge in [0.2, 0.25) is 0 Å². The van der Waals surface area contributed by atoms with Crippen molar-refractivity contribution in [1.29, 1.82) is 0 Å². The molecular weight excluding hydrogens is 384 g/mol. The van der Waals surface area contributed by atoms with Crippen molar-refractivity contribution in [3.05, 3.63) is 61.7 Å². The second-order valence-corrected chi connectivity index (χ2v) is 5.85. The summed E-state index contributed by atoms with van der Waals surface area (Å²) in [7, 11) is 0. The van der Waals surface area contributed by atoms with Crippen LogP contribution >= 0.6 is 43.5 Å². The van der Waals surface area contributed by atoms with Crippen LogP contribution in [-0.2, 0) is 6.54 Å². The SMILES string of the molecule is Fc1ccc(CNc2ccc(Br)c(Cl)c2)cc1Br. The summed E-state index contributed by atoms with van der Waals surface area (Å²) in [5.41, 5.74) is 1.91. The molecule has 18 heavy (non-hydrogen) atoms. The van der Waals surface area contributed by atoms with E-state index in [9.17, 15) is 4.39 Å². The first-order valence-electron chi connectivity index (χ1n) is 5.19. The van der Waals surface area contributed by atoms with Gasteiger partial charge in [-0.1, -0.05) is 17.7 Å². The van der Waals surface area contributed by atoms with E-state index in [-0.39, 0.29) is 5.82 Å². The Morgan fingerprint density at radius 3 is 2.50 bits per heavy atom. The molecule has 0 saturated heterocycles. The van der Waals surface area contributed by atoms with Crippen LogP contribution in [0, 0.1) is 5.82 Å². The van der Waals surface area contributed by atoms with Gasteiger partial charge in [0, 0.05) is 16.7 Å². The largest absolute Gasteiger partial charge is 0.381 e. The van der Waals surface area contributed by atoms with E-state index in [0.29, 0.717) is 16.0 Å². The zero-order chi connectivity index (χ0) is 13.1. The van der Waals surface area contributed by atoms with E-state index in [0.717, 1.165) is 15.7 Å². The highest BCUT2D eigenvalue weighted by molar-refractivity contribution is 9.10. The highest BCUT2D eigenvalue weighted by Crippen LogP contribution is 2.26. The lowest BCUT2D eigenvalue weighted by atomic mass is 10.2. The first-order chi connectivity index (χ1) is 8.56. The van der Waals surface area contributed by atoms with E-state index in [1.807, 2.05) is 18.2 Å². The van der Waals surface area contributed by atoms with E-state index < -0.39 is 0 Å². The van der Waals surface area contributed by atoms with Crippen LogP contribution in [0.2, 0.25) is 5.02 Å². The van der Waals surface area contributed by atoms with Crippen LogP contribution in [0.25, 0.3) is 0 Å². The Hall–Kier alpha value is -0.580. The molecule has 0 heterocycles. The summed E-state index contributed by atoms with van der Waals surface area (Å²) >= 11 is 12.5. The fourth-order valence-electron chi connectivity index (χ4n) is 1.46. The normalized spacial score (nSPS) is 10.4. The number of anilines is 1. The second-order valence-electron chi connectivity index (χ2n) is 3.73. The molecule has 1 nitrogen and oxygen atoms in total. The van der Waals surface area contributed by atoms with Crippen LogP contribution in [0.3, 0.4) is 0 Å². The van der Waals surface area contributed by atoms with Gasteiger partial charge in [0.05, 0.1) is 9.50 Å². The standard InChI is InChI=1S/C13H9Br2ClFN/c14-10-3-2-9(6-12(10)16)18-7-8-1-4-13(17)11(15)5-8/h1-6,18H,7H2. The fourth-order valence-corrected chi connectivity index (χ4v) is 2.31. The molecule has 0 saturated carbocycles. The zero-order valence-corrected chi connectivity index (χ0v) is 13.1. The first-order valence-corrected chi connectivity index (χ1v) is 7.15. The molecule has 0 aliphatic carbocycles. The van der Waals surface area contributed by atoms with Gasteiger partial charge in [-0.2, -0.15) is 0 Å². The van der Waals surface area contributed by atoms with Crippen LogP contribution in [0.15, 0.2) is 45.3 Å². The second kappa shape index (κ2) is 6.04. The van der Waals surface area contributed by atoms with Crippen LogP contribution in [-0.4, -0.2) is 0 Å². The smallest absolute Gasteiger partial charge is 0.137 e. The highest BCUT2D eigenvalue weighted by atomic mass is 79.9. The molecule has 2 aromatic rings. The number of halogens is 4. The van der Waals surface area contributed by atoms with Gasteiger partial charge in [0.15, 0.2) is 0 Å². The molecule has 0 atom stereocenters. The molecule has 5 heteroatoms. The molecule has 0 amide bonds. The lowest BCUT2D eigenvalue weighted by Crippen LogP contribution is -1.99. The third-order valence-electron chi connectivity index (χ3n) is 2.40. The van der Waals surface area contributed by atoms with Crippen molar-refractivity contribution in [1.82, 2.24) is 0 Å². The molecule has 0 spiro atoms. The van der Waals surface area contributed by atoms with Crippen molar-refractivity contribution in [2.24, 2.45) is 0 Å². The van der Waals surface area contributed by atoms with Gasteiger partial charge in [-0.05, 0) is 67.8 Å². The first kappa shape index (κ1) is 13.8. The van der Waals surface area contributed by atoms with E-state index in [2.05, 4.69) is 37.2 Å². The average Bonchev–Trinajstić information content (AvgIpc) is 2.35. The molecule has 0 aromatic heterocycles. The Morgan fingerprint density at radius 1 is 1.06 bits per heavy atom. The van der Waals surface area contributed by atoms with Crippen LogP contribution in [0.5, 0.6) is 0 Å².